The van der Waals surface area contributed by atoms with Gasteiger partial charge in [-0.25, -0.2) is 4.39 Å². The summed E-state index contributed by atoms with van der Waals surface area (Å²) < 4.78 is 13.9. The van der Waals surface area contributed by atoms with E-state index in [9.17, 15) is 9.18 Å². The Kier molecular flexibility index (Phi) is 3.97. The lowest BCUT2D eigenvalue weighted by Crippen LogP contribution is -2.58. The van der Waals surface area contributed by atoms with Gasteiger partial charge < -0.3 is 4.90 Å². The Labute approximate surface area is 121 Å². The molecule has 1 aliphatic rings. The van der Waals surface area contributed by atoms with Gasteiger partial charge in [0.05, 0.1) is 5.56 Å². The first-order valence-corrected chi connectivity index (χ1v) is 7.06. The van der Waals surface area contributed by atoms with E-state index in [4.69, 9.17) is 0 Å². The molecule has 0 bridgehead atoms. The lowest BCUT2D eigenvalue weighted by atomic mass is 9.99. The molecule has 0 atom stereocenters. The highest BCUT2D eigenvalue weighted by atomic mass is 79.9. The normalized spacial score (nSPS) is 19.5. The molecule has 5 heteroatoms. The fourth-order valence-corrected chi connectivity index (χ4v) is 2.66. The van der Waals surface area contributed by atoms with E-state index in [0.29, 0.717) is 23.1 Å². The smallest absolute Gasteiger partial charge is 0.255 e. The van der Waals surface area contributed by atoms with Gasteiger partial charge in [0.2, 0.25) is 0 Å². The second-order valence-corrected chi connectivity index (χ2v) is 6.44. The second-order valence-electron chi connectivity index (χ2n) is 5.58. The number of hydrogen-bond acceptors (Lipinski definition) is 2. The van der Waals surface area contributed by atoms with Crippen molar-refractivity contribution in [2.45, 2.75) is 19.4 Å². The summed E-state index contributed by atoms with van der Waals surface area (Å²) in [5.74, 6) is -0.507. The first-order chi connectivity index (χ1) is 8.81. The van der Waals surface area contributed by atoms with E-state index in [-0.39, 0.29) is 17.3 Å². The van der Waals surface area contributed by atoms with Crippen LogP contribution in [-0.2, 0) is 0 Å². The number of carbonyl (C=O) groups is 1. The molecular weight excluding hydrogens is 311 g/mol. The van der Waals surface area contributed by atoms with Gasteiger partial charge in [0.1, 0.15) is 5.82 Å². The molecule has 0 saturated carbocycles. The van der Waals surface area contributed by atoms with Crippen molar-refractivity contribution in [3.8, 4) is 0 Å². The van der Waals surface area contributed by atoms with Crippen LogP contribution < -0.4 is 0 Å². The lowest BCUT2D eigenvalue weighted by Gasteiger charge is -2.45. The van der Waals surface area contributed by atoms with Crippen LogP contribution in [-0.4, -0.2) is 47.9 Å². The summed E-state index contributed by atoms with van der Waals surface area (Å²) in [7, 11) is 2.06. The van der Waals surface area contributed by atoms with Crippen molar-refractivity contribution in [1.29, 1.82) is 0 Å². The number of hydrogen-bond donors (Lipinski definition) is 0. The molecule has 1 saturated heterocycles. The van der Waals surface area contributed by atoms with E-state index in [0.717, 1.165) is 6.54 Å². The lowest BCUT2D eigenvalue weighted by molar-refractivity contribution is 0.0310. The molecule has 1 aromatic rings. The number of carbonyl (C=O) groups excluding carboxylic acids is 1. The van der Waals surface area contributed by atoms with E-state index in [1.807, 2.05) is 0 Å². The summed E-state index contributed by atoms with van der Waals surface area (Å²) in [5, 5.41) is 0. The Bertz CT molecular complexity index is 504. The monoisotopic (exact) mass is 328 g/mol. The Morgan fingerprint density at radius 2 is 2.05 bits per heavy atom. The van der Waals surface area contributed by atoms with Crippen molar-refractivity contribution in [3.63, 3.8) is 0 Å². The Balaban J connectivity index is 2.23. The van der Waals surface area contributed by atoms with Gasteiger partial charge >= 0.3 is 0 Å². The predicted octanol–water partition coefficient (Wildman–Crippen LogP) is 2.75. The number of amides is 1. The van der Waals surface area contributed by atoms with Crippen molar-refractivity contribution in [3.05, 3.63) is 34.1 Å². The van der Waals surface area contributed by atoms with Gasteiger partial charge in [-0.15, -0.1) is 0 Å². The topological polar surface area (TPSA) is 23.6 Å². The van der Waals surface area contributed by atoms with E-state index in [1.165, 1.54) is 12.1 Å². The van der Waals surface area contributed by atoms with Crippen molar-refractivity contribution in [2.75, 3.05) is 26.7 Å². The Morgan fingerprint density at radius 1 is 1.37 bits per heavy atom. The van der Waals surface area contributed by atoms with E-state index >= 15 is 0 Å². The van der Waals surface area contributed by atoms with Crippen LogP contribution in [0.25, 0.3) is 0 Å². The predicted molar refractivity (Wildman–Crippen MR) is 76.7 cm³/mol. The highest BCUT2D eigenvalue weighted by molar-refractivity contribution is 9.10. The zero-order valence-corrected chi connectivity index (χ0v) is 13.0. The molecular formula is C14H18BrFN2O. The van der Waals surface area contributed by atoms with E-state index in [2.05, 4.69) is 41.7 Å². The molecule has 1 aliphatic heterocycles. The molecule has 1 fully saturated rings. The second kappa shape index (κ2) is 5.21. The number of likely N-dealkylation sites (N-methyl/N-ethyl adjacent to an activating group) is 1. The van der Waals surface area contributed by atoms with Gasteiger partial charge in [-0.1, -0.05) is 0 Å². The molecule has 3 nitrogen and oxygen atoms in total. The van der Waals surface area contributed by atoms with Gasteiger partial charge in [-0.3, -0.25) is 9.69 Å². The van der Waals surface area contributed by atoms with Crippen LogP contribution in [0.3, 0.4) is 0 Å². The van der Waals surface area contributed by atoms with Crippen molar-refractivity contribution >= 4 is 21.8 Å². The minimum Gasteiger partial charge on any atom is -0.335 e. The molecule has 2 rings (SSSR count). The average molecular weight is 329 g/mol. The number of benzene rings is 1. The molecule has 0 N–H and O–H groups in total. The van der Waals surface area contributed by atoms with Gasteiger partial charge in [0, 0.05) is 29.6 Å². The van der Waals surface area contributed by atoms with Crippen LogP contribution in [0.5, 0.6) is 0 Å². The summed E-state index contributed by atoms with van der Waals surface area (Å²) in [5.41, 5.74) is 0.327. The SMILES string of the molecule is CN1CCN(C(=O)c2cc(F)ccc2Br)CC1(C)C. The first-order valence-electron chi connectivity index (χ1n) is 6.27. The standard InChI is InChI=1S/C14H18BrFN2O/c1-14(2)9-18(7-6-17(14)3)13(19)11-8-10(16)4-5-12(11)15/h4-5,8H,6-7,9H2,1-3H3. The molecule has 0 aromatic heterocycles. The summed E-state index contributed by atoms with van der Waals surface area (Å²) in [4.78, 5) is 16.5. The number of piperazine rings is 1. The summed E-state index contributed by atoms with van der Waals surface area (Å²) in [6.45, 7) is 6.35. The van der Waals surface area contributed by atoms with Crippen LogP contribution in [0.4, 0.5) is 4.39 Å². The molecule has 0 unspecified atom stereocenters. The third kappa shape index (κ3) is 2.98. The largest absolute Gasteiger partial charge is 0.335 e. The zero-order chi connectivity index (χ0) is 14.2. The summed E-state index contributed by atoms with van der Waals surface area (Å²) in [6.07, 6.45) is 0. The molecule has 1 aromatic carbocycles. The molecule has 104 valence electrons. The van der Waals surface area contributed by atoms with Gasteiger partial charge in [-0.2, -0.15) is 0 Å². The summed E-state index contributed by atoms with van der Waals surface area (Å²) >= 11 is 3.31. The highest BCUT2D eigenvalue weighted by Crippen LogP contribution is 2.24. The third-order valence-electron chi connectivity index (χ3n) is 3.76. The molecule has 19 heavy (non-hydrogen) atoms. The maximum atomic E-state index is 13.3. The van der Waals surface area contributed by atoms with Crippen LogP contribution in [0.15, 0.2) is 22.7 Å². The number of halogens is 2. The van der Waals surface area contributed by atoms with Crippen molar-refractivity contribution in [2.24, 2.45) is 0 Å². The minimum atomic E-state index is -0.389. The van der Waals surface area contributed by atoms with Gasteiger partial charge in [0.15, 0.2) is 0 Å². The average Bonchev–Trinajstić information content (AvgIpc) is 2.35. The number of rotatable bonds is 1. The van der Waals surface area contributed by atoms with Gasteiger partial charge in [0.25, 0.3) is 5.91 Å². The highest BCUT2D eigenvalue weighted by Gasteiger charge is 2.34. The Hall–Kier alpha value is -0.940. The Morgan fingerprint density at radius 3 is 2.68 bits per heavy atom. The molecule has 1 amide bonds. The fraction of sp³-hybridized carbons (Fsp3) is 0.500. The van der Waals surface area contributed by atoms with Crippen molar-refractivity contribution in [1.82, 2.24) is 9.80 Å². The van der Waals surface area contributed by atoms with Crippen molar-refractivity contribution < 1.29 is 9.18 Å². The van der Waals surface area contributed by atoms with Crippen LogP contribution >= 0.6 is 15.9 Å². The quantitative estimate of drug-likeness (QED) is 0.791. The fourth-order valence-electron chi connectivity index (χ4n) is 2.25. The van der Waals surface area contributed by atoms with E-state index in [1.54, 1.807) is 11.0 Å². The molecule has 0 radical (unpaired) electrons. The van der Waals surface area contributed by atoms with Crippen LogP contribution in [0, 0.1) is 5.82 Å². The van der Waals surface area contributed by atoms with E-state index < -0.39 is 0 Å². The minimum absolute atomic E-state index is 0.0618. The third-order valence-corrected chi connectivity index (χ3v) is 4.45. The van der Waals surface area contributed by atoms with Crippen LogP contribution in [0.1, 0.15) is 24.2 Å². The molecule has 1 heterocycles. The molecule has 0 aliphatic carbocycles. The summed E-state index contributed by atoms with van der Waals surface area (Å²) in [6, 6.07) is 4.20. The zero-order valence-electron chi connectivity index (χ0n) is 11.4. The van der Waals surface area contributed by atoms with Crippen LogP contribution in [0.2, 0.25) is 0 Å². The van der Waals surface area contributed by atoms with Gasteiger partial charge in [-0.05, 0) is 55.0 Å². The maximum Gasteiger partial charge on any atom is 0.255 e. The molecule has 0 spiro atoms. The number of nitrogens with zero attached hydrogens (tertiary/aromatic N) is 2. The first kappa shape index (κ1) is 14.5. The maximum absolute atomic E-state index is 13.3.